The van der Waals surface area contributed by atoms with Gasteiger partial charge in [0.15, 0.2) is 11.3 Å². The predicted octanol–water partition coefficient (Wildman–Crippen LogP) is 3.42. The minimum Gasteiger partial charge on any atom is -0.496 e. The Labute approximate surface area is 230 Å². The molecule has 1 unspecified atom stereocenters. The van der Waals surface area contributed by atoms with E-state index in [-0.39, 0.29) is 49.8 Å². The minimum atomic E-state index is -1.43. The van der Waals surface area contributed by atoms with Crippen LogP contribution >= 0.6 is 0 Å². The van der Waals surface area contributed by atoms with Gasteiger partial charge in [-0.05, 0) is 50.5 Å². The van der Waals surface area contributed by atoms with Crippen LogP contribution in [0.1, 0.15) is 52.7 Å². The summed E-state index contributed by atoms with van der Waals surface area (Å²) < 4.78 is 36.1. The number of furan rings is 1. The number of carbonyl (C=O) groups excluding carboxylic acids is 3. The third kappa shape index (κ3) is 5.08. The van der Waals surface area contributed by atoms with Gasteiger partial charge in [0.1, 0.15) is 23.8 Å². The third-order valence-electron chi connectivity index (χ3n) is 7.58. The topological polar surface area (TPSA) is 119 Å². The molecular weight excluding hydrogens is 521 g/mol. The second-order valence-corrected chi connectivity index (χ2v) is 10.2. The molecular formula is C29H32FN3O7. The van der Waals surface area contributed by atoms with Gasteiger partial charge in [-0.25, -0.2) is 4.39 Å². The predicted molar refractivity (Wildman–Crippen MR) is 143 cm³/mol. The molecule has 2 heterocycles. The number of carbonyl (C=O) groups is 3. The van der Waals surface area contributed by atoms with Crippen molar-refractivity contribution in [2.24, 2.45) is 0 Å². The largest absolute Gasteiger partial charge is 0.496 e. The van der Waals surface area contributed by atoms with Gasteiger partial charge in [0, 0.05) is 43.4 Å². The summed E-state index contributed by atoms with van der Waals surface area (Å²) in [4.78, 5) is 41.4. The molecule has 2 aliphatic rings. The second kappa shape index (κ2) is 11.2. The van der Waals surface area contributed by atoms with Crippen LogP contribution in [0.5, 0.6) is 11.5 Å². The molecule has 0 radical (unpaired) electrons. The van der Waals surface area contributed by atoms with Crippen LogP contribution in [0.15, 0.2) is 40.8 Å². The average molecular weight is 554 g/mol. The first-order valence-electron chi connectivity index (χ1n) is 13.2. The number of amides is 3. The molecule has 1 aliphatic heterocycles. The van der Waals surface area contributed by atoms with Gasteiger partial charge in [-0.1, -0.05) is 6.07 Å². The number of ether oxygens (including phenoxy) is 3. The molecule has 2 N–H and O–H groups in total. The van der Waals surface area contributed by atoms with Crippen molar-refractivity contribution in [3.8, 4) is 11.5 Å². The van der Waals surface area contributed by atoms with Crippen molar-refractivity contribution < 1.29 is 37.4 Å². The van der Waals surface area contributed by atoms with Gasteiger partial charge in [0.2, 0.25) is 11.7 Å². The fourth-order valence-electron chi connectivity index (χ4n) is 4.91. The monoisotopic (exact) mass is 553 g/mol. The van der Waals surface area contributed by atoms with E-state index in [0.29, 0.717) is 27.8 Å². The number of halogens is 1. The van der Waals surface area contributed by atoms with E-state index in [0.717, 1.165) is 19.3 Å². The normalized spacial score (nSPS) is 18.9. The van der Waals surface area contributed by atoms with E-state index in [4.69, 9.17) is 18.6 Å². The van der Waals surface area contributed by atoms with E-state index in [1.807, 2.05) is 0 Å². The van der Waals surface area contributed by atoms with Crippen LogP contribution in [0.25, 0.3) is 11.0 Å². The molecule has 0 spiro atoms. The van der Waals surface area contributed by atoms with Crippen LogP contribution in [-0.2, 0) is 16.1 Å². The highest BCUT2D eigenvalue weighted by atomic mass is 19.1. The summed E-state index contributed by atoms with van der Waals surface area (Å²) in [6.45, 7) is 1.74. The summed E-state index contributed by atoms with van der Waals surface area (Å²) in [7, 11) is 2.92. The highest BCUT2D eigenvalue weighted by Gasteiger charge is 2.47. The maximum absolute atomic E-state index is 13.8. The molecule has 10 nitrogen and oxygen atoms in total. The molecule has 212 valence electrons. The number of methoxy groups -OCH3 is 2. The second-order valence-electron chi connectivity index (χ2n) is 10.2. The molecule has 1 saturated carbocycles. The smallest absolute Gasteiger partial charge is 0.294 e. The minimum absolute atomic E-state index is 0.0440. The first-order chi connectivity index (χ1) is 19.2. The number of benzene rings is 2. The van der Waals surface area contributed by atoms with Gasteiger partial charge < -0.3 is 34.2 Å². The van der Waals surface area contributed by atoms with E-state index in [9.17, 15) is 18.8 Å². The Bertz CT molecular complexity index is 1450. The Hall–Kier alpha value is -4.12. The maximum Gasteiger partial charge on any atom is 0.294 e. The highest BCUT2D eigenvalue weighted by molar-refractivity contribution is 6.06. The van der Waals surface area contributed by atoms with Gasteiger partial charge in [-0.2, -0.15) is 0 Å². The summed E-state index contributed by atoms with van der Waals surface area (Å²) in [6.07, 6.45) is 3.03. The van der Waals surface area contributed by atoms with E-state index in [1.54, 1.807) is 25.1 Å². The Morgan fingerprint density at radius 1 is 1.18 bits per heavy atom. The van der Waals surface area contributed by atoms with E-state index < -0.39 is 23.2 Å². The lowest BCUT2D eigenvalue weighted by molar-refractivity contribution is -0.133. The van der Waals surface area contributed by atoms with Crippen LogP contribution < -0.4 is 20.1 Å². The summed E-state index contributed by atoms with van der Waals surface area (Å²) in [6, 6.07) is 9.16. The lowest BCUT2D eigenvalue weighted by atomic mass is 9.93. The van der Waals surface area contributed by atoms with E-state index in [1.165, 1.54) is 37.3 Å². The van der Waals surface area contributed by atoms with Gasteiger partial charge in [0.05, 0.1) is 19.1 Å². The van der Waals surface area contributed by atoms with Crippen molar-refractivity contribution >= 4 is 28.7 Å². The lowest BCUT2D eigenvalue weighted by Gasteiger charge is -2.37. The number of nitrogens with one attached hydrogen (secondary N) is 2. The molecule has 2 aromatic carbocycles. The van der Waals surface area contributed by atoms with Crippen molar-refractivity contribution in [3.63, 3.8) is 0 Å². The molecule has 3 aromatic rings. The standard InChI is InChI=1S/C29H32FN3O7/c1-29(28(36)31-15-18-7-9-19(30)14-22(18)38-3)16-39-24-21-10-8-17(26(34)32-20-5-4-6-20)13-23(21)40-25(24)27(35)33(29)11-12-37-2/h7-10,13-14,20H,4-6,11-12,15-16H2,1-3H3,(H,31,36)(H,32,34). The Balaban J connectivity index is 1.41. The zero-order valence-electron chi connectivity index (χ0n) is 22.7. The van der Waals surface area contributed by atoms with Gasteiger partial charge in [-0.15, -0.1) is 0 Å². The highest BCUT2D eigenvalue weighted by Crippen LogP contribution is 2.39. The molecule has 5 rings (SSSR count). The summed E-state index contributed by atoms with van der Waals surface area (Å²) in [5.41, 5.74) is -0.102. The van der Waals surface area contributed by atoms with Gasteiger partial charge in [0.25, 0.3) is 11.8 Å². The van der Waals surface area contributed by atoms with Crippen LogP contribution in [0.4, 0.5) is 4.39 Å². The quantitative estimate of drug-likeness (QED) is 0.417. The lowest BCUT2D eigenvalue weighted by Crippen LogP contribution is -2.61. The van der Waals surface area contributed by atoms with E-state index in [2.05, 4.69) is 10.6 Å². The first-order valence-corrected chi connectivity index (χ1v) is 13.2. The fraction of sp³-hybridized carbons (Fsp3) is 0.414. The zero-order valence-corrected chi connectivity index (χ0v) is 22.7. The van der Waals surface area contributed by atoms with Gasteiger partial charge in [-0.3, -0.25) is 14.4 Å². The Morgan fingerprint density at radius 3 is 2.67 bits per heavy atom. The van der Waals surface area contributed by atoms with Crippen LogP contribution in [-0.4, -0.2) is 68.2 Å². The van der Waals surface area contributed by atoms with Gasteiger partial charge >= 0.3 is 0 Å². The number of fused-ring (bicyclic) bond motifs is 3. The maximum atomic E-state index is 13.8. The number of rotatable bonds is 9. The Kier molecular flexibility index (Phi) is 7.66. The van der Waals surface area contributed by atoms with Crippen molar-refractivity contribution in [3.05, 3.63) is 59.1 Å². The number of nitrogens with zero attached hydrogens (tertiary/aromatic N) is 1. The average Bonchev–Trinajstić information content (AvgIpc) is 3.25. The Morgan fingerprint density at radius 2 is 1.98 bits per heavy atom. The number of hydrogen-bond acceptors (Lipinski definition) is 7. The van der Waals surface area contributed by atoms with Crippen LogP contribution in [0.3, 0.4) is 0 Å². The zero-order chi connectivity index (χ0) is 28.4. The molecule has 0 saturated heterocycles. The molecule has 11 heteroatoms. The molecule has 0 bridgehead atoms. The molecule has 1 atom stereocenters. The fourth-order valence-corrected chi connectivity index (χ4v) is 4.91. The molecule has 1 aromatic heterocycles. The third-order valence-corrected chi connectivity index (χ3v) is 7.58. The van der Waals surface area contributed by atoms with Crippen molar-refractivity contribution in [1.82, 2.24) is 15.5 Å². The van der Waals surface area contributed by atoms with Crippen molar-refractivity contribution in [2.45, 2.75) is 44.3 Å². The molecule has 3 amide bonds. The van der Waals surface area contributed by atoms with Crippen LogP contribution in [0, 0.1) is 5.82 Å². The number of hydrogen-bond donors (Lipinski definition) is 2. The first kappa shape index (κ1) is 27.4. The van der Waals surface area contributed by atoms with E-state index >= 15 is 0 Å². The summed E-state index contributed by atoms with van der Waals surface area (Å²) in [5, 5.41) is 6.35. The summed E-state index contributed by atoms with van der Waals surface area (Å²) in [5.74, 6) is -1.23. The molecule has 1 fully saturated rings. The summed E-state index contributed by atoms with van der Waals surface area (Å²) >= 11 is 0. The molecule has 40 heavy (non-hydrogen) atoms. The van der Waals surface area contributed by atoms with Crippen molar-refractivity contribution in [1.29, 1.82) is 0 Å². The molecule has 1 aliphatic carbocycles. The van der Waals surface area contributed by atoms with Crippen molar-refractivity contribution in [2.75, 3.05) is 34.0 Å². The SMILES string of the molecule is COCCN1C(=O)c2oc3cc(C(=O)NC4CCC4)ccc3c2OCC1(C)C(=O)NCc1ccc(F)cc1OC. The van der Waals surface area contributed by atoms with Crippen LogP contribution in [0.2, 0.25) is 0 Å².